The molecule has 13 heavy (non-hydrogen) atoms. The Kier molecular flexibility index (Phi) is 3.49. The van der Waals surface area contributed by atoms with E-state index in [1.807, 2.05) is 18.2 Å². The van der Waals surface area contributed by atoms with Crippen LogP contribution in [-0.4, -0.2) is 23.6 Å². The Balaban J connectivity index is 2.77. The molecule has 0 aliphatic heterocycles. The Hall–Kier alpha value is -1.32. The highest BCUT2D eigenvalue weighted by molar-refractivity contribution is 5.51. The lowest BCUT2D eigenvalue weighted by Crippen LogP contribution is -1.96. The Bertz CT molecular complexity index is 292. The lowest BCUT2D eigenvalue weighted by Gasteiger charge is -2.00. The first-order valence-corrected chi connectivity index (χ1v) is 3.91. The second kappa shape index (κ2) is 4.64. The van der Waals surface area contributed by atoms with Gasteiger partial charge in [-0.15, -0.1) is 0 Å². The molecule has 0 aromatic heterocycles. The van der Waals surface area contributed by atoms with Gasteiger partial charge >= 0.3 is 0 Å². The summed E-state index contributed by atoms with van der Waals surface area (Å²) in [6.07, 6.45) is 1.49. The van der Waals surface area contributed by atoms with E-state index in [4.69, 9.17) is 14.9 Å². The Morgan fingerprint density at radius 1 is 1.38 bits per heavy atom. The van der Waals surface area contributed by atoms with Gasteiger partial charge in [-0.1, -0.05) is 18.2 Å². The van der Waals surface area contributed by atoms with E-state index in [9.17, 15) is 0 Å². The molecule has 0 radical (unpaired) electrons. The standard InChI is InChI=1S/C10H12O3/c1-13-9-4-2-3-8(7-9)5-6-10(11)12/h2-7,10-12H,1H3/b6-5+. The van der Waals surface area contributed by atoms with Gasteiger partial charge in [-0.2, -0.15) is 0 Å². The zero-order valence-corrected chi connectivity index (χ0v) is 7.34. The van der Waals surface area contributed by atoms with Crippen LogP contribution >= 0.6 is 0 Å². The number of hydrogen-bond acceptors (Lipinski definition) is 3. The fourth-order valence-electron chi connectivity index (χ4n) is 0.942. The number of rotatable bonds is 3. The molecule has 0 amide bonds. The van der Waals surface area contributed by atoms with Crippen LogP contribution in [0.5, 0.6) is 5.75 Å². The summed E-state index contributed by atoms with van der Waals surface area (Å²) in [5.74, 6) is 0.745. The van der Waals surface area contributed by atoms with Gasteiger partial charge in [0, 0.05) is 0 Å². The molecule has 1 rings (SSSR count). The monoisotopic (exact) mass is 180 g/mol. The Morgan fingerprint density at radius 3 is 2.77 bits per heavy atom. The van der Waals surface area contributed by atoms with Crippen molar-refractivity contribution in [2.45, 2.75) is 6.29 Å². The largest absolute Gasteiger partial charge is 0.497 e. The number of benzene rings is 1. The van der Waals surface area contributed by atoms with Crippen LogP contribution in [-0.2, 0) is 0 Å². The minimum atomic E-state index is -1.41. The quantitative estimate of drug-likeness (QED) is 0.683. The van der Waals surface area contributed by atoms with Gasteiger partial charge in [0.05, 0.1) is 7.11 Å². The lowest BCUT2D eigenvalue weighted by molar-refractivity contribution is 0.00304. The number of hydrogen-bond donors (Lipinski definition) is 2. The van der Waals surface area contributed by atoms with Crippen molar-refractivity contribution >= 4 is 6.08 Å². The zero-order chi connectivity index (χ0) is 9.68. The fraction of sp³-hybridized carbons (Fsp3) is 0.200. The summed E-state index contributed by atoms with van der Waals surface area (Å²) >= 11 is 0. The van der Waals surface area contributed by atoms with Crippen molar-refractivity contribution in [3.8, 4) is 5.75 Å². The van der Waals surface area contributed by atoms with Crippen molar-refractivity contribution < 1.29 is 14.9 Å². The molecule has 2 N–H and O–H groups in total. The Labute approximate surface area is 76.9 Å². The van der Waals surface area contributed by atoms with Crippen LogP contribution in [0.15, 0.2) is 30.3 Å². The number of aliphatic hydroxyl groups is 2. The van der Waals surface area contributed by atoms with Crippen molar-refractivity contribution in [2.24, 2.45) is 0 Å². The van der Waals surface area contributed by atoms with E-state index >= 15 is 0 Å². The van der Waals surface area contributed by atoms with Gasteiger partial charge in [-0.25, -0.2) is 0 Å². The second-order valence-corrected chi connectivity index (χ2v) is 2.55. The molecule has 0 aliphatic rings. The van der Waals surface area contributed by atoms with Gasteiger partial charge in [-0.05, 0) is 23.8 Å². The van der Waals surface area contributed by atoms with Crippen molar-refractivity contribution in [3.05, 3.63) is 35.9 Å². The minimum Gasteiger partial charge on any atom is -0.497 e. The third-order valence-corrected chi connectivity index (χ3v) is 1.55. The van der Waals surface area contributed by atoms with Gasteiger partial charge in [0.1, 0.15) is 5.75 Å². The SMILES string of the molecule is COc1cccc(/C=C/C(O)O)c1. The molecular formula is C10H12O3. The highest BCUT2D eigenvalue weighted by atomic mass is 16.5. The van der Waals surface area contributed by atoms with Gasteiger partial charge in [0.25, 0.3) is 0 Å². The first-order chi connectivity index (χ1) is 6.22. The van der Waals surface area contributed by atoms with E-state index in [1.54, 1.807) is 19.3 Å². The summed E-state index contributed by atoms with van der Waals surface area (Å²) in [5, 5.41) is 17.2. The summed E-state index contributed by atoms with van der Waals surface area (Å²) < 4.78 is 5.00. The van der Waals surface area contributed by atoms with Gasteiger partial charge in [0.15, 0.2) is 6.29 Å². The molecule has 0 saturated carbocycles. The topological polar surface area (TPSA) is 49.7 Å². The maximum Gasteiger partial charge on any atom is 0.171 e. The van der Waals surface area contributed by atoms with Crippen molar-refractivity contribution in [1.29, 1.82) is 0 Å². The van der Waals surface area contributed by atoms with Crippen LogP contribution in [0.3, 0.4) is 0 Å². The predicted octanol–water partition coefficient (Wildman–Crippen LogP) is 1.02. The first kappa shape index (κ1) is 9.77. The third kappa shape index (κ3) is 3.27. The van der Waals surface area contributed by atoms with Crippen LogP contribution in [0.2, 0.25) is 0 Å². The molecule has 3 nitrogen and oxygen atoms in total. The average Bonchev–Trinajstić information content (AvgIpc) is 2.15. The molecule has 1 aromatic rings. The summed E-state index contributed by atoms with van der Waals surface area (Å²) in [4.78, 5) is 0. The number of aliphatic hydroxyl groups excluding tert-OH is 1. The summed E-state index contributed by atoms with van der Waals surface area (Å²) in [6.45, 7) is 0. The van der Waals surface area contributed by atoms with Crippen LogP contribution in [0, 0.1) is 0 Å². The van der Waals surface area contributed by atoms with Gasteiger partial charge in [0.2, 0.25) is 0 Å². The smallest absolute Gasteiger partial charge is 0.171 e. The fourth-order valence-corrected chi connectivity index (χ4v) is 0.942. The first-order valence-electron chi connectivity index (χ1n) is 3.91. The molecule has 0 bridgehead atoms. The molecule has 0 aliphatic carbocycles. The molecule has 0 heterocycles. The number of ether oxygens (including phenoxy) is 1. The van der Waals surface area contributed by atoms with Crippen LogP contribution in [0.4, 0.5) is 0 Å². The van der Waals surface area contributed by atoms with Crippen LogP contribution < -0.4 is 4.74 Å². The minimum absolute atomic E-state index is 0.745. The summed E-state index contributed by atoms with van der Waals surface area (Å²) in [6, 6.07) is 7.31. The lowest BCUT2D eigenvalue weighted by atomic mass is 10.2. The molecule has 0 unspecified atom stereocenters. The molecule has 0 fully saturated rings. The number of methoxy groups -OCH3 is 1. The molecule has 70 valence electrons. The van der Waals surface area contributed by atoms with Crippen molar-refractivity contribution in [2.75, 3.05) is 7.11 Å². The van der Waals surface area contributed by atoms with Crippen molar-refractivity contribution in [3.63, 3.8) is 0 Å². The molecule has 3 heteroatoms. The van der Waals surface area contributed by atoms with Gasteiger partial charge < -0.3 is 14.9 Å². The highest BCUT2D eigenvalue weighted by Crippen LogP contribution is 2.13. The van der Waals surface area contributed by atoms with Gasteiger partial charge in [-0.3, -0.25) is 0 Å². The Morgan fingerprint density at radius 2 is 2.15 bits per heavy atom. The molecule has 1 aromatic carbocycles. The van der Waals surface area contributed by atoms with E-state index in [2.05, 4.69) is 0 Å². The van der Waals surface area contributed by atoms with Crippen LogP contribution in [0.25, 0.3) is 6.08 Å². The maximum atomic E-state index is 8.58. The normalized spacial score (nSPS) is 11.1. The van der Waals surface area contributed by atoms with E-state index in [1.165, 1.54) is 6.08 Å². The summed E-state index contributed by atoms with van der Waals surface area (Å²) in [7, 11) is 1.59. The zero-order valence-electron chi connectivity index (χ0n) is 7.34. The molecule has 0 atom stereocenters. The van der Waals surface area contributed by atoms with E-state index in [-0.39, 0.29) is 0 Å². The molecule has 0 spiro atoms. The highest BCUT2D eigenvalue weighted by Gasteiger charge is 1.92. The maximum absolute atomic E-state index is 8.58. The van der Waals surface area contributed by atoms with E-state index in [0.29, 0.717) is 0 Å². The van der Waals surface area contributed by atoms with Crippen molar-refractivity contribution in [1.82, 2.24) is 0 Å². The van der Waals surface area contributed by atoms with Crippen LogP contribution in [0.1, 0.15) is 5.56 Å². The summed E-state index contributed by atoms with van der Waals surface area (Å²) in [5.41, 5.74) is 0.868. The average molecular weight is 180 g/mol. The second-order valence-electron chi connectivity index (χ2n) is 2.55. The van der Waals surface area contributed by atoms with E-state index < -0.39 is 6.29 Å². The van der Waals surface area contributed by atoms with E-state index in [0.717, 1.165) is 11.3 Å². The third-order valence-electron chi connectivity index (χ3n) is 1.55. The predicted molar refractivity (Wildman–Crippen MR) is 50.3 cm³/mol. The molecule has 0 saturated heterocycles. The molecular weight excluding hydrogens is 168 g/mol.